The quantitative estimate of drug-likeness (QED) is 0.331. The summed E-state index contributed by atoms with van der Waals surface area (Å²) in [5.74, 6) is -0.496. The van der Waals surface area contributed by atoms with Crippen molar-refractivity contribution in [3.8, 4) is 0 Å². The van der Waals surface area contributed by atoms with Gasteiger partial charge < -0.3 is 14.9 Å². The molecule has 1 unspecified atom stereocenters. The number of nitrogens with zero attached hydrogens (tertiary/aromatic N) is 4. The van der Waals surface area contributed by atoms with Crippen molar-refractivity contribution in [2.45, 2.75) is 6.23 Å². The monoisotopic (exact) mass is 584 g/mol. The van der Waals surface area contributed by atoms with Crippen LogP contribution in [0.5, 0.6) is 0 Å². The lowest BCUT2D eigenvalue weighted by Crippen LogP contribution is -2.34. The lowest BCUT2D eigenvalue weighted by Gasteiger charge is -2.18. The third-order valence-electron chi connectivity index (χ3n) is 6.79. The number of benzodiazepines with no additional fused rings is 2. The van der Waals surface area contributed by atoms with E-state index in [1.807, 2.05) is 72.8 Å². The summed E-state index contributed by atoms with van der Waals surface area (Å²) < 4.78 is 0. The van der Waals surface area contributed by atoms with Crippen LogP contribution in [0.2, 0.25) is 10.0 Å². The van der Waals surface area contributed by atoms with E-state index in [0.29, 0.717) is 21.4 Å². The van der Waals surface area contributed by atoms with Crippen LogP contribution in [-0.4, -0.2) is 55.2 Å². The molecule has 0 radical (unpaired) electrons. The maximum absolute atomic E-state index is 12.1. The summed E-state index contributed by atoms with van der Waals surface area (Å²) in [5.41, 5.74) is 6.28. The molecule has 0 saturated carbocycles. The maximum Gasteiger partial charge on any atom is 0.278 e. The molecule has 0 aliphatic carbocycles. The number of hydrogen-bond donors (Lipinski definition) is 1. The highest BCUT2D eigenvalue weighted by molar-refractivity contribution is 6.32. The Bertz CT molecular complexity index is 1670. The van der Waals surface area contributed by atoms with Crippen molar-refractivity contribution in [1.82, 2.24) is 0 Å². The summed E-state index contributed by atoms with van der Waals surface area (Å²) >= 11 is 12.2. The number of fused-ring (bicyclic) bond motifs is 2. The van der Waals surface area contributed by atoms with Gasteiger partial charge in [0.1, 0.15) is 6.54 Å². The van der Waals surface area contributed by atoms with E-state index in [9.17, 15) is 14.7 Å². The zero-order valence-corrected chi connectivity index (χ0v) is 23.8. The van der Waals surface area contributed by atoms with Crippen molar-refractivity contribution in [2.75, 3.05) is 30.4 Å². The summed E-state index contributed by atoms with van der Waals surface area (Å²) in [4.78, 5) is 35.8. The van der Waals surface area contributed by atoms with Gasteiger partial charge in [0.2, 0.25) is 12.1 Å². The van der Waals surface area contributed by atoms with Crippen molar-refractivity contribution >= 4 is 57.8 Å². The molecule has 2 heterocycles. The van der Waals surface area contributed by atoms with E-state index in [0.717, 1.165) is 33.7 Å². The second-order valence-corrected chi connectivity index (χ2v) is 10.3. The normalized spacial score (nSPS) is 16.4. The van der Waals surface area contributed by atoms with Crippen molar-refractivity contribution in [3.05, 3.63) is 129 Å². The summed E-state index contributed by atoms with van der Waals surface area (Å²) in [7, 11) is 3.38. The number of anilines is 2. The van der Waals surface area contributed by atoms with Crippen LogP contribution < -0.4 is 9.80 Å². The number of aliphatic imine (C=N–C) groups is 2. The molecular formula is C32H26Cl2N4O3. The smallest absolute Gasteiger partial charge is 0.278 e. The van der Waals surface area contributed by atoms with Crippen LogP contribution >= 0.6 is 23.2 Å². The number of likely N-dealkylation sites (N-methyl/N-ethyl adjacent to an activating group) is 2. The summed E-state index contributed by atoms with van der Waals surface area (Å²) in [6.07, 6.45) is -1.42. The van der Waals surface area contributed by atoms with E-state index in [1.54, 1.807) is 43.3 Å². The summed E-state index contributed by atoms with van der Waals surface area (Å²) in [6, 6.07) is 30.0. The Hall–Kier alpha value is -4.30. The number of halogens is 2. The van der Waals surface area contributed by atoms with Crippen molar-refractivity contribution in [2.24, 2.45) is 9.98 Å². The largest absolute Gasteiger partial charge is 0.364 e. The van der Waals surface area contributed by atoms with Gasteiger partial charge in [-0.05, 0) is 36.4 Å². The number of rotatable bonds is 2. The lowest BCUT2D eigenvalue weighted by atomic mass is 10.0. The summed E-state index contributed by atoms with van der Waals surface area (Å²) in [6.45, 7) is 0.146. The molecule has 2 aliphatic rings. The highest BCUT2D eigenvalue weighted by Gasteiger charge is 2.28. The number of carbonyl (C=O) groups excluding carboxylic acids is 2. The summed E-state index contributed by atoms with van der Waals surface area (Å²) in [5, 5.41) is 11.2. The van der Waals surface area contributed by atoms with Gasteiger partial charge in [-0.3, -0.25) is 14.6 Å². The van der Waals surface area contributed by atoms with Crippen LogP contribution in [0.15, 0.2) is 107 Å². The Kier molecular flexibility index (Phi) is 8.31. The molecular weight excluding hydrogens is 559 g/mol. The molecule has 2 amide bonds. The van der Waals surface area contributed by atoms with Gasteiger partial charge in [0.05, 0.1) is 22.8 Å². The minimum atomic E-state index is -1.42. The van der Waals surface area contributed by atoms with Gasteiger partial charge in [-0.2, -0.15) is 0 Å². The molecule has 0 bridgehead atoms. The van der Waals surface area contributed by atoms with Crippen molar-refractivity contribution < 1.29 is 14.7 Å². The fourth-order valence-corrected chi connectivity index (χ4v) is 5.01. The Morgan fingerprint density at radius 2 is 1.20 bits per heavy atom. The molecule has 4 aromatic carbocycles. The topological polar surface area (TPSA) is 85.6 Å². The van der Waals surface area contributed by atoms with E-state index in [4.69, 9.17) is 23.2 Å². The minimum Gasteiger partial charge on any atom is -0.364 e. The molecule has 41 heavy (non-hydrogen) atoms. The highest BCUT2D eigenvalue weighted by Crippen LogP contribution is 2.30. The first kappa shape index (κ1) is 28.2. The second-order valence-electron chi connectivity index (χ2n) is 9.42. The van der Waals surface area contributed by atoms with Crippen LogP contribution in [0, 0.1) is 0 Å². The molecule has 7 nitrogen and oxygen atoms in total. The van der Waals surface area contributed by atoms with Crippen molar-refractivity contribution in [1.29, 1.82) is 0 Å². The predicted molar refractivity (Wildman–Crippen MR) is 165 cm³/mol. The first-order chi connectivity index (χ1) is 19.7. The number of benzene rings is 4. The Balaban J connectivity index is 0.000000165. The van der Waals surface area contributed by atoms with Gasteiger partial charge in [0, 0.05) is 46.4 Å². The molecule has 9 heteroatoms. The molecule has 4 aromatic rings. The number of carbonyl (C=O) groups is 2. The molecule has 0 spiro atoms. The lowest BCUT2D eigenvalue weighted by molar-refractivity contribution is -0.125. The minimum absolute atomic E-state index is 0.0282. The van der Waals surface area contributed by atoms with E-state index in [2.05, 4.69) is 9.98 Å². The average Bonchev–Trinajstić information content (AvgIpc) is 3.17. The fourth-order valence-electron chi connectivity index (χ4n) is 4.66. The molecule has 0 saturated heterocycles. The zero-order valence-electron chi connectivity index (χ0n) is 22.3. The third-order valence-corrected chi connectivity index (χ3v) is 7.26. The van der Waals surface area contributed by atoms with E-state index >= 15 is 0 Å². The standard InChI is InChI=1S/C16H13ClN2O2.C16H13ClN2O/c1-19-13-8-7-11(17)9-12(13)14(18-15(20)16(19)21)10-5-3-2-4-6-10;1-19-14-8-7-12(17)9-13(14)16(18-10-15(19)20)11-5-3-2-4-6-11/h2-9,15,20H,1H3;2-9H,10H2,1H3. The predicted octanol–water partition coefficient (Wildman–Crippen LogP) is 5.63. The molecule has 1 atom stereocenters. The average molecular weight is 585 g/mol. The fraction of sp³-hybridized carbons (Fsp3) is 0.125. The van der Waals surface area contributed by atoms with Crippen LogP contribution in [0.4, 0.5) is 11.4 Å². The van der Waals surface area contributed by atoms with Gasteiger partial charge in [-0.1, -0.05) is 83.9 Å². The van der Waals surface area contributed by atoms with Gasteiger partial charge in [0.25, 0.3) is 5.91 Å². The third kappa shape index (κ3) is 5.93. The van der Waals surface area contributed by atoms with Gasteiger partial charge in [0.15, 0.2) is 0 Å². The number of aliphatic hydroxyl groups is 1. The highest BCUT2D eigenvalue weighted by atomic mass is 35.5. The molecule has 0 aromatic heterocycles. The second kappa shape index (κ2) is 12.1. The Labute approximate surface area is 248 Å². The van der Waals surface area contributed by atoms with Crippen LogP contribution in [-0.2, 0) is 9.59 Å². The van der Waals surface area contributed by atoms with Gasteiger partial charge in [-0.25, -0.2) is 4.99 Å². The number of aliphatic hydroxyl groups excluding tert-OH is 1. The zero-order chi connectivity index (χ0) is 29.1. The van der Waals surface area contributed by atoms with E-state index in [-0.39, 0.29) is 12.5 Å². The van der Waals surface area contributed by atoms with E-state index < -0.39 is 12.1 Å². The van der Waals surface area contributed by atoms with Crippen LogP contribution in [0.3, 0.4) is 0 Å². The SMILES string of the molecule is CN1C(=O)C(O)N=C(c2ccccc2)c2cc(Cl)ccc21.CN1C(=O)CN=C(c2ccccc2)c2cc(Cl)ccc21. The first-order valence-corrected chi connectivity index (χ1v) is 13.6. The van der Waals surface area contributed by atoms with Crippen LogP contribution in [0.25, 0.3) is 0 Å². The molecule has 1 N–H and O–H groups in total. The maximum atomic E-state index is 12.1. The number of amides is 2. The van der Waals surface area contributed by atoms with Gasteiger partial charge in [-0.15, -0.1) is 0 Å². The van der Waals surface area contributed by atoms with Crippen LogP contribution in [0.1, 0.15) is 22.3 Å². The van der Waals surface area contributed by atoms with Crippen molar-refractivity contribution in [3.63, 3.8) is 0 Å². The molecule has 2 aliphatic heterocycles. The Morgan fingerprint density at radius 3 is 1.76 bits per heavy atom. The van der Waals surface area contributed by atoms with Gasteiger partial charge >= 0.3 is 0 Å². The molecule has 6 rings (SSSR count). The number of hydrogen-bond acceptors (Lipinski definition) is 5. The molecule has 0 fully saturated rings. The Morgan fingerprint density at radius 1 is 0.707 bits per heavy atom. The van der Waals surface area contributed by atoms with E-state index in [1.165, 1.54) is 4.90 Å². The first-order valence-electron chi connectivity index (χ1n) is 12.8. The molecule has 206 valence electrons.